The van der Waals surface area contributed by atoms with Crippen LogP contribution in [0.25, 0.3) is 0 Å². The third kappa shape index (κ3) is 7.31. The van der Waals surface area contributed by atoms with Gasteiger partial charge < -0.3 is 15.5 Å². The molecule has 1 amide bonds. The summed E-state index contributed by atoms with van der Waals surface area (Å²) in [6.07, 6.45) is 2.04. The number of nitrogens with zero attached hydrogens (tertiary/aromatic N) is 4. The van der Waals surface area contributed by atoms with Gasteiger partial charge in [-0.05, 0) is 24.1 Å². The van der Waals surface area contributed by atoms with E-state index in [0.717, 1.165) is 11.7 Å². The van der Waals surface area contributed by atoms with Gasteiger partial charge in [-0.15, -0.1) is 24.0 Å². The lowest BCUT2D eigenvalue weighted by molar-refractivity contribution is 0.0954. The lowest BCUT2D eigenvalue weighted by atomic mass is 10.1. The fourth-order valence-corrected chi connectivity index (χ4v) is 3.27. The number of rotatable bonds is 7. The van der Waals surface area contributed by atoms with E-state index in [2.05, 4.69) is 34.6 Å². The zero-order valence-electron chi connectivity index (χ0n) is 17.9. The largest absolute Gasteiger partial charge is 0.354 e. The van der Waals surface area contributed by atoms with E-state index in [1.807, 2.05) is 29.9 Å². The molecule has 0 spiro atoms. The van der Waals surface area contributed by atoms with Crippen molar-refractivity contribution in [2.75, 3.05) is 27.2 Å². The molecule has 166 valence electrons. The van der Waals surface area contributed by atoms with Crippen LogP contribution in [0.3, 0.4) is 0 Å². The molecule has 2 aromatic rings. The molecule has 0 atom stereocenters. The normalized spacial score (nSPS) is 11.3. The molecular weight excluding hydrogens is 538 g/mol. The van der Waals surface area contributed by atoms with Crippen molar-refractivity contribution < 1.29 is 4.79 Å². The highest BCUT2D eigenvalue weighted by atomic mass is 127. The number of hydrogen-bond acceptors (Lipinski definition) is 3. The van der Waals surface area contributed by atoms with Crippen molar-refractivity contribution in [2.45, 2.75) is 26.3 Å². The average Bonchev–Trinajstić information content (AvgIpc) is 3.04. The summed E-state index contributed by atoms with van der Waals surface area (Å²) in [5.74, 6) is 0.893. The predicted molar refractivity (Wildman–Crippen MR) is 134 cm³/mol. The van der Waals surface area contributed by atoms with Crippen LogP contribution in [-0.2, 0) is 13.6 Å². The second-order valence-electron chi connectivity index (χ2n) is 7.08. The Morgan fingerprint density at radius 2 is 1.90 bits per heavy atom. The topological polar surface area (TPSA) is 74.6 Å². The van der Waals surface area contributed by atoms with Crippen LogP contribution in [0, 0.1) is 0 Å². The second kappa shape index (κ2) is 12.4. The fraction of sp³-hybridized carbons (Fsp3) is 0.450. The molecule has 0 radical (unpaired) electrons. The number of nitrogens with one attached hydrogen (secondary N) is 2. The molecule has 0 unspecified atom stereocenters. The van der Waals surface area contributed by atoms with Crippen molar-refractivity contribution in [2.24, 2.45) is 12.0 Å². The van der Waals surface area contributed by atoms with Gasteiger partial charge in [0.2, 0.25) is 0 Å². The first-order valence-corrected chi connectivity index (χ1v) is 10.2. The Labute approximate surface area is 205 Å². The maximum Gasteiger partial charge on any atom is 0.251 e. The van der Waals surface area contributed by atoms with E-state index in [-0.39, 0.29) is 29.9 Å². The Hall–Kier alpha value is -1.52. The van der Waals surface area contributed by atoms with Crippen LogP contribution in [0.15, 0.2) is 29.4 Å². The maximum atomic E-state index is 12.2. The Morgan fingerprint density at radius 1 is 1.23 bits per heavy atom. The van der Waals surface area contributed by atoms with Gasteiger partial charge in [0.1, 0.15) is 0 Å². The van der Waals surface area contributed by atoms with Crippen molar-refractivity contribution in [3.63, 3.8) is 0 Å². The maximum absolute atomic E-state index is 12.2. The molecule has 0 saturated heterocycles. The van der Waals surface area contributed by atoms with Crippen LogP contribution < -0.4 is 10.6 Å². The minimum atomic E-state index is -0.203. The molecule has 1 heterocycles. The number of aromatic nitrogens is 2. The molecule has 7 nitrogen and oxygen atoms in total. The van der Waals surface area contributed by atoms with Crippen LogP contribution in [0.4, 0.5) is 0 Å². The van der Waals surface area contributed by atoms with Gasteiger partial charge in [-0.2, -0.15) is 5.10 Å². The first-order valence-electron chi connectivity index (χ1n) is 9.40. The molecule has 0 aliphatic heterocycles. The Bertz CT molecular complexity index is 884. The number of carbonyl (C=O) groups is 1. The molecule has 0 aliphatic rings. The van der Waals surface area contributed by atoms with Gasteiger partial charge >= 0.3 is 0 Å². The number of halogens is 3. The molecule has 1 aromatic heterocycles. The summed E-state index contributed by atoms with van der Waals surface area (Å²) >= 11 is 11.8. The summed E-state index contributed by atoms with van der Waals surface area (Å²) in [6.45, 7) is 5.94. The minimum absolute atomic E-state index is 0. The molecule has 10 heteroatoms. The van der Waals surface area contributed by atoms with Gasteiger partial charge in [-0.25, -0.2) is 0 Å². The van der Waals surface area contributed by atoms with Gasteiger partial charge in [-0.3, -0.25) is 14.5 Å². The Morgan fingerprint density at radius 3 is 2.50 bits per heavy atom. The Balaban J connectivity index is 0.00000450. The number of guanidine groups is 1. The third-order valence-corrected chi connectivity index (χ3v) is 5.08. The van der Waals surface area contributed by atoms with Crippen molar-refractivity contribution in [3.05, 3.63) is 51.3 Å². The van der Waals surface area contributed by atoms with E-state index in [1.165, 1.54) is 5.56 Å². The predicted octanol–water partition coefficient (Wildman–Crippen LogP) is 3.91. The Kier molecular flexibility index (Phi) is 10.9. The molecule has 30 heavy (non-hydrogen) atoms. The highest BCUT2D eigenvalue weighted by molar-refractivity contribution is 14.0. The highest BCUT2D eigenvalue weighted by Crippen LogP contribution is 2.22. The summed E-state index contributed by atoms with van der Waals surface area (Å²) in [5, 5.41) is 11.4. The number of hydrogen-bond donors (Lipinski definition) is 2. The van der Waals surface area contributed by atoms with E-state index in [0.29, 0.717) is 41.2 Å². The zero-order valence-corrected chi connectivity index (χ0v) is 21.7. The van der Waals surface area contributed by atoms with E-state index < -0.39 is 0 Å². The monoisotopic (exact) mass is 566 g/mol. The number of benzene rings is 1. The van der Waals surface area contributed by atoms with Crippen molar-refractivity contribution in [1.82, 2.24) is 25.3 Å². The SMILES string of the molecule is CN=C(NCCNC(=O)c1ccc(Cl)c(Cl)c1)N(C)Cc1cn(C)nc1C(C)C.I. The number of carbonyl (C=O) groups excluding carboxylic acids is 1. The molecule has 2 rings (SSSR count). The molecule has 0 fully saturated rings. The summed E-state index contributed by atoms with van der Waals surface area (Å²) in [5.41, 5.74) is 2.73. The highest BCUT2D eigenvalue weighted by Gasteiger charge is 2.15. The first kappa shape index (κ1) is 26.5. The van der Waals surface area contributed by atoms with Gasteiger partial charge in [0.05, 0.1) is 15.7 Å². The van der Waals surface area contributed by atoms with Gasteiger partial charge in [0.25, 0.3) is 5.91 Å². The number of amides is 1. The van der Waals surface area contributed by atoms with Crippen molar-refractivity contribution in [1.29, 1.82) is 0 Å². The van der Waals surface area contributed by atoms with E-state index in [1.54, 1.807) is 25.2 Å². The standard InChI is InChI=1S/C20H28Cl2N6O.HI/c1-13(2)18-15(12-28(5)26-18)11-27(4)20(23-3)25-9-8-24-19(29)14-6-7-16(21)17(22)10-14;/h6-7,10,12-13H,8-9,11H2,1-5H3,(H,23,25)(H,24,29);1H. The average molecular weight is 567 g/mol. The van der Waals surface area contributed by atoms with Gasteiger partial charge in [-0.1, -0.05) is 37.0 Å². The first-order chi connectivity index (χ1) is 13.7. The summed E-state index contributed by atoms with van der Waals surface area (Å²) < 4.78 is 1.84. The minimum Gasteiger partial charge on any atom is -0.354 e. The summed E-state index contributed by atoms with van der Waals surface area (Å²) in [4.78, 5) is 18.6. The van der Waals surface area contributed by atoms with E-state index in [4.69, 9.17) is 23.2 Å². The third-order valence-electron chi connectivity index (χ3n) is 4.34. The van der Waals surface area contributed by atoms with Crippen molar-refractivity contribution in [3.8, 4) is 0 Å². The number of aliphatic imine (C=N–C) groups is 1. The molecule has 0 aliphatic carbocycles. The van der Waals surface area contributed by atoms with Gasteiger partial charge in [0.15, 0.2) is 5.96 Å². The lowest BCUT2D eigenvalue weighted by Crippen LogP contribution is -2.42. The van der Waals surface area contributed by atoms with Crippen LogP contribution in [-0.4, -0.2) is 53.7 Å². The van der Waals surface area contributed by atoms with Gasteiger partial charge in [0, 0.05) is 58.1 Å². The van der Waals surface area contributed by atoms with E-state index >= 15 is 0 Å². The van der Waals surface area contributed by atoms with Crippen molar-refractivity contribution >= 4 is 59.0 Å². The van der Waals surface area contributed by atoms with Crippen LogP contribution >= 0.6 is 47.2 Å². The second-order valence-corrected chi connectivity index (χ2v) is 7.90. The van der Waals surface area contributed by atoms with Crippen LogP contribution in [0.1, 0.15) is 41.4 Å². The smallest absolute Gasteiger partial charge is 0.251 e. The number of aryl methyl sites for hydroxylation is 1. The quantitative estimate of drug-likeness (QED) is 0.231. The fourth-order valence-electron chi connectivity index (χ4n) is 2.97. The molecular formula is C20H29Cl2IN6O. The van der Waals surface area contributed by atoms with Crippen LogP contribution in [0.2, 0.25) is 10.0 Å². The molecule has 2 N–H and O–H groups in total. The zero-order chi connectivity index (χ0) is 21.6. The summed E-state index contributed by atoms with van der Waals surface area (Å²) in [6, 6.07) is 4.81. The molecule has 0 bridgehead atoms. The van der Waals surface area contributed by atoms with Crippen LogP contribution in [0.5, 0.6) is 0 Å². The lowest BCUT2D eigenvalue weighted by Gasteiger charge is -2.22. The van der Waals surface area contributed by atoms with E-state index in [9.17, 15) is 4.79 Å². The molecule has 1 aromatic carbocycles. The molecule has 0 saturated carbocycles. The summed E-state index contributed by atoms with van der Waals surface area (Å²) in [7, 11) is 5.64.